The Hall–Kier alpha value is -1.13. The molecular weight excluding hydrogens is 227 g/mol. The molecule has 1 aliphatic rings. The van der Waals surface area contributed by atoms with Crippen molar-refractivity contribution >= 4 is 19.4 Å². The number of hydrogen-bond acceptors (Lipinski definition) is 3. The van der Waals surface area contributed by atoms with Gasteiger partial charge in [0.15, 0.2) is 0 Å². The van der Waals surface area contributed by atoms with E-state index in [1.165, 1.54) is 5.56 Å². The number of carbonyl (C=O) groups excluding carboxylic acids is 1. The van der Waals surface area contributed by atoms with Gasteiger partial charge in [0.25, 0.3) is 0 Å². The van der Waals surface area contributed by atoms with Gasteiger partial charge in [-0.2, -0.15) is 0 Å². The van der Waals surface area contributed by atoms with Crippen LogP contribution in [-0.4, -0.2) is 25.1 Å². The Morgan fingerprint density at radius 1 is 0.944 bits per heavy atom. The minimum atomic E-state index is -0.261. The second-order valence-corrected chi connectivity index (χ2v) is 5.50. The van der Waals surface area contributed by atoms with Gasteiger partial charge < -0.3 is 14.1 Å². The third-order valence-electron chi connectivity index (χ3n) is 3.60. The molecule has 1 aliphatic heterocycles. The molecule has 98 valence electrons. The zero-order valence-corrected chi connectivity index (χ0v) is 11.8. The highest BCUT2D eigenvalue weighted by Crippen LogP contribution is 2.36. The van der Waals surface area contributed by atoms with E-state index in [1.807, 2.05) is 6.79 Å². The third kappa shape index (κ3) is 2.82. The maximum absolute atomic E-state index is 8.00. The Balaban J connectivity index is 0.000000771. The molecule has 2 rings (SSSR count). The van der Waals surface area contributed by atoms with Gasteiger partial charge in [-0.3, -0.25) is 0 Å². The molecule has 0 unspecified atom stereocenters. The molecule has 0 amide bonds. The van der Waals surface area contributed by atoms with E-state index in [-0.39, 0.29) is 18.3 Å². The standard InChI is InChI=1S/C13H19BO2.CH2O/c1-10-6-8-11(9-7-10)14-15-12(2,3)13(4,5)16-14;1-2/h6-9H,1-5H3;1H2. The predicted molar refractivity (Wildman–Crippen MR) is 74.0 cm³/mol. The Morgan fingerprint density at radius 3 is 1.72 bits per heavy atom. The molecule has 0 saturated carbocycles. The first-order chi connectivity index (χ1) is 8.32. The third-order valence-corrected chi connectivity index (χ3v) is 3.60. The number of carbonyl (C=O) groups is 1. The van der Waals surface area contributed by atoms with Gasteiger partial charge in [0.05, 0.1) is 11.2 Å². The molecule has 0 spiro atoms. The van der Waals surface area contributed by atoms with Crippen molar-refractivity contribution in [2.24, 2.45) is 0 Å². The van der Waals surface area contributed by atoms with E-state index in [9.17, 15) is 0 Å². The second kappa shape index (κ2) is 5.25. The molecule has 0 aromatic heterocycles. The van der Waals surface area contributed by atoms with Crippen molar-refractivity contribution in [2.45, 2.75) is 45.8 Å². The van der Waals surface area contributed by atoms with E-state index in [2.05, 4.69) is 58.9 Å². The van der Waals surface area contributed by atoms with Crippen molar-refractivity contribution < 1.29 is 14.1 Å². The van der Waals surface area contributed by atoms with Crippen LogP contribution >= 0.6 is 0 Å². The van der Waals surface area contributed by atoms with Crippen LogP contribution in [0.25, 0.3) is 0 Å². The Labute approximate surface area is 110 Å². The summed E-state index contributed by atoms with van der Waals surface area (Å²) in [5, 5.41) is 0. The van der Waals surface area contributed by atoms with Crippen molar-refractivity contribution in [3.8, 4) is 0 Å². The summed E-state index contributed by atoms with van der Waals surface area (Å²) in [5.74, 6) is 0. The molecule has 1 fully saturated rings. The number of benzene rings is 1. The summed E-state index contributed by atoms with van der Waals surface area (Å²) in [6, 6.07) is 8.30. The van der Waals surface area contributed by atoms with Crippen LogP contribution in [-0.2, 0) is 14.1 Å². The van der Waals surface area contributed by atoms with Crippen molar-refractivity contribution in [1.82, 2.24) is 0 Å². The lowest BCUT2D eigenvalue weighted by molar-refractivity contribution is -0.0979. The summed E-state index contributed by atoms with van der Waals surface area (Å²) < 4.78 is 11.9. The van der Waals surface area contributed by atoms with Crippen LogP contribution in [0.15, 0.2) is 24.3 Å². The van der Waals surface area contributed by atoms with Gasteiger partial charge in [-0.05, 0) is 40.1 Å². The van der Waals surface area contributed by atoms with E-state index in [4.69, 9.17) is 14.1 Å². The summed E-state index contributed by atoms with van der Waals surface area (Å²) in [6.45, 7) is 12.4. The molecule has 3 nitrogen and oxygen atoms in total. The highest BCUT2D eigenvalue weighted by atomic mass is 16.7. The Morgan fingerprint density at radius 2 is 1.33 bits per heavy atom. The quantitative estimate of drug-likeness (QED) is 0.714. The topological polar surface area (TPSA) is 35.5 Å². The fourth-order valence-electron chi connectivity index (χ4n) is 1.70. The van der Waals surface area contributed by atoms with E-state index in [0.29, 0.717) is 0 Å². The summed E-state index contributed by atoms with van der Waals surface area (Å²) in [5.41, 5.74) is 1.81. The average Bonchev–Trinajstić information content (AvgIpc) is 2.52. The molecule has 0 radical (unpaired) electrons. The predicted octanol–water partition coefficient (Wildman–Crippen LogP) is 2.11. The van der Waals surface area contributed by atoms with E-state index in [1.54, 1.807) is 0 Å². The van der Waals surface area contributed by atoms with Crippen LogP contribution < -0.4 is 5.46 Å². The fourth-order valence-corrected chi connectivity index (χ4v) is 1.70. The highest BCUT2D eigenvalue weighted by molar-refractivity contribution is 6.62. The second-order valence-electron chi connectivity index (χ2n) is 5.50. The lowest BCUT2D eigenvalue weighted by Crippen LogP contribution is -2.41. The summed E-state index contributed by atoms with van der Waals surface area (Å²) in [6.07, 6.45) is 0. The number of hydrogen-bond donors (Lipinski definition) is 0. The Bertz CT molecular complexity index is 382. The maximum atomic E-state index is 8.00. The SMILES string of the molecule is C=O.Cc1ccc(B2OC(C)(C)C(C)(C)O2)cc1. The van der Waals surface area contributed by atoms with Gasteiger partial charge in [-0.1, -0.05) is 29.8 Å². The Kier molecular flexibility index (Phi) is 4.35. The van der Waals surface area contributed by atoms with Gasteiger partial charge in [0.2, 0.25) is 0 Å². The molecule has 18 heavy (non-hydrogen) atoms. The van der Waals surface area contributed by atoms with Crippen LogP contribution in [0.4, 0.5) is 0 Å². The zero-order valence-electron chi connectivity index (χ0n) is 11.8. The first-order valence-corrected chi connectivity index (χ1v) is 6.03. The molecule has 0 bridgehead atoms. The highest BCUT2D eigenvalue weighted by Gasteiger charge is 2.51. The monoisotopic (exact) mass is 248 g/mol. The van der Waals surface area contributed by atoms with Crippen LogP contribution in [0.5, 0.6) is 0 Å². The largest absolute Gasteiger partial charge is 0.494 e. The van der Waals surface area contributed by atoms with Gasteiger partial charge in [0.1, 0.15) is 6.79 Å². The van der Waals surface area contributed by atoms with E-state index in [0.717, 1.165) is 5.46 Å². The van der Waals surface area contributed by atoms with Gasteiger partial charge in [-0.15, -0.1) is 0 Å². The van der Waals surface area contributed by atoms with Crippen molar-refractivity contribution in [3.63, 3.8) is 0 Å². The molecule has 1 aromatic rings. The first-order valence-electron chi connectivity index (χ1n) is 6.03. The van der Waals surface area contributed by atoms with Gasteiger partial charge in [0, 0.05) is 0 Å². The van der Waals surface area contributed by atoms with Crippen molar-refractivity contribution in [1.29, 1.82) is 0 Å². The molecular formula is C14H21BO3. The summed E-state index contributed by atoms with van der Waals surface area (Å²) >= 11 is 0. The molecule has 1 heterocycles. The minimum absolute atomic E-state index is 0.245. The average molecular weight is 248 g/mol. The number of aryl methyl sites for hydroxylation is 1. The van der Waals surface area contributed by atoms with Crippen molar-refractivity contribution in [3.05, 3.63) is 29.8 Å². The van der Waals surface area contributed by atoms with Crippen LogP contribution in [0.3, 0.4) is 0 Å². The fraction of sp³-hybridized carbons (Fsp3) is 0.500. The molecule has 1 saturated heterocycles. The van der Waals surface area contributed by atoms with Crippen LogP contribution in [0.2, 0.25) is 0 Å². The lowest BCUT2D eigenvalue weighted by Gasteiger charge is -2.32. The molecule has 4 heteroatoms. The first kappa shape index (κ1) is 14.9. The number of rotatable bonds is 1. The van der Waals surface area contributed by atoms with E-state index >= 15 is 0 Å². The van der Waals surface area contributed by atoms with Crippen LogP contribution in [0.1, 0.15) is 33.3 Å². The molecule has 0 atom stereocenters. The summed E-state index contributed by atoms with van der Waals surface area (Å²) in [4.78, 5) is 8.00. The molecule has 0 N–H and O–H groups in total. The molecule has 0 aliphatic carbocycles. The van der Waals surface area contributed by atoms with Gasteiger partial charge >= 0.3 is 7.12 Å². The lowest BCUT2D eigenvalue weighted by atomic mass is 9.79. The maximum Gasteiger partial charge on any atom is 0.494 e. The summed E-state index contributed by atoms with van der Waals surface area (Å²) in [7, 11) is -0.245. The van der Waals surface area contributed by atoms with E-state index < -0.39 is 0 Å². The minimum Gasteiger partial charge on any atom is -0.399 e. The van der Waals surface area contributed by atoms with Gasteiger partial charge in [-0.25, -0.2) is 0 Å². The zero-order chi connectivity index (χ0) is 14.0. The van der Waals surface area contributed by atoms with Crippen molar-refractivity contribution in [2.75, 3.05) is 0 Å². The van der Waals surface area contributed by atoms with Crippen LogP contribution in [0, 0.1) is 6.92 Å². The smallest absolute Gasteiger partial charge is 0.399 e. The molecule has 1 aromatic carbocycles. The normalized spacial score (nSPS) is 20.2.